The molecule has 0 unspecified atom stereocenters. The molecule has 2 aliphatic heterocycles. The van der Waals surface area contributed by atoms with Crippen molar-refractivity contribution >= 4 is 34.4 Å². The van der Waals surface area contributed by atoms with Crippen molar-refractivity contribution in [3.63, 3.8) is 0 Å². The lowest BCUT2D eigenvalue weighted by molar-refractivity contribution is -0.402. The maximum absolute atomic E-state index is 12.8. The highest BCUT2D eigenvalue weighted by Crippen LogP contribution is 2.33. The molecule has 3 heterocycles. The Kier molecular flexibility index (Phi) is 4.40. The van der Waals surface area contributed by atoms with E-state index < -0.39 is 11.1 Å². The van der Waals surface area contributed by atoms with Gasteiger partial charge in [0.25, 0.3) is 5.91 Å². The van der Waals surface area contributed by atoms with Crippen molar-refractivity contribution in [2.24, 2.45) is 10.1 Å². The minimum atomic E-state index is -0.799. The molecule has 0 fully saturated rings. The van der Waals surface area contributed by atoms with Gasteiger partial charge in [-0.2, -0.15) is 0 Å². The Bertz CT molecular complexity index is 1080. The Morgan fingerprint density at radius 2 is 2.15 bits per heavy atom. The van der Waals surface area contributed by atoms with Crippen LogP contribution in [0.4, 0.5) is 5.88 Å². The molecule has 0 saturated carbocycles. The molecule has 0 saturated heterocycles. The first-order valence-electron chi connectivity index (χ1n) is 8.31. The summed E-state index contributed by atoms with van der Waals surface area (Å²) in [6.45, 7) is 2.03. The zero-order valence-corrected chi connectivity index (χ0v) is 15.1. The van der Waals surface area contributed by atoms with Crippen molar-refractivity contribution < 1.29 is 14.1 Å². The van der Waals surface area contributed by atoms with Crippen LogP contribution in [0, 0.1) is 10.1 Å². The van der Waals surface area contributed by atoms with Crippen molar-refractivity contribution in [2.45, 2.75) is 19.5 Å². The lowest BCUT2D eigenvalue weighted by Gasteiger charge is -2.32. The number of hydrazone groups is 1. The van der Waals surface area contributed by atoms with Crippen LogP contribution in [-0.2, 0) is 4.79 Å². The quantitative estimate of drug-likeness (QED) is 0.630. The second kappa shape index (κ2) is 6.88. The summed E-state index contributed by atoms with van der Waals surface area (Å²) in [5, 5.41) is 21.5. The third-order valence-corrected chi connectivity index (χ3v) is 5.07. The second-order valence-corrected chi connectivity index (χ2v) is 6.94. The molecule has 0 bridgehead atoms. The Labute approximate surface area is 157 Å². The Morgan fingerprint density at radius 1 is 1.33 bits per heavy atom. The van der Waals surface area contributed by atoms with Crippen LogP contribution >= 0.6 is 11.8 Å². The number of fused-ring (bicyclic) bond motifs is 2. The molecule has 0 spiro atoms. The van der Waals surface area contributed by atoms with Crippen LogP contribution in [0.1, 0.15) is 25.3 Å². The van der Waals surface area contributed by atoms with E-state index in [1.165, 1.54) is 28.9 Å². The van der Waals surface area contributed by atoms with Crippen LogP contribution in [0.2, 0.25) is 0 Å². The van der Waals surface area contributed by atoms with E-state index in [-0.39, 0.29) is 17.6 Å². The smallest absolute Gasteiger partial charge is 0.401 e. The van der Waals surface area contributed by atoms with E-state index in [9.17, 15) is 14.9 Å². The van der Waals surface area contributed by atoms with Gasteiger partial charge in [-0.3, -0.25) is 20.2 Å². The Balaban J connectivity index is 1.87. The summed E-state index contributed by atoms with van der Waals surface area (Å²) < 4.78 is 5.34. The number of amides is 1. The minimum absolute atomic E-state index is 0.243. The minimum Gasteiger partial charge on any atom is -0.401 e. The van der Waals surface area contributed by atoms with Crippen LogP contribution in [0.25, 0.3) is 5.70 Å². The molecule has 2 aliphatic rings. The highest BCUT2D eigenvalue weighted by atomic mass is 32.2. The van der Waals surface area contributed by atoms with E-state index in [2.05, 4.69) is 15.4 Å². The van der Waals surface area contributed by atoms with Crippen molar-refractivity contribution in [1.29, 1.82) is 0 Å². The molecule has 138 valence electrons. The van der Waals surface area contributed by atoms with Crippen molar-refractivity contribution in [1.82, 2.24) is 10.3 Å². The molecule has 0 radical (unpaired) electrons. The molecular weight excluding hydrogens is 370 g/mol. The van der Waals surface area contributed by atoms with Crippen molar-refractivity contribution in [3.05, 3.63) is 62.8 Å². The van der Waals surface area contributed by atoms with Crippen molar-refractivity contribution in [3.8, 4) is 0 Å². The first kappa shape index (κ1) is 17.3. The van der Waals surface area contributed by atoms with Crippen LogP contribution in [0.5, 0.6) is 0 Å². The van der Waals surface area contributed by atoms with E-state index in [0.717, 1.165) is 12.2 Å². The summed E-state index contributed by atoms with van der Waals surface area (Å²) in [5.41, 5.74) is 0.338. The number of thioether (sulfide) groups is 1. The average Bonchev–Trinajstić information content (AvgIpc) is 3.15. The number of nitro groups is 1. The van der Waals surface area contributed by atoms with Gasteiger partial charge in [0.2, 0.25) is 6.17 Å². The van der Waals surface area contributed by atoms with Gasteiger partial charge in [0.15, 0.2) is 10.9 Å². The summed E-state index contributed by atoms with van der Waals surface area (Å²) in [7, 11) is 0. The molecule has 1 atom stereocenters. The number of nitrogens with one attached hydrogen (secondary N) is 1. The Hall–Kier alpha value is -3.14. The van der Waals surface area contributed by atoms with Crippen LogP contribution < -0.4 is 15.9 Å². The molecule has 1 N–H and O–H groups in total. The summed E-state index contributed by atoms with van der Waals surface area (Å²) >= 11 is 1.43. The molecule has 1 aromatic heterocycles. The van der Waals surface area contributed by atoms with Crippen LogP contribution in [0.3, 0.4) is 0 Å². The summed E-state index contributed by atoms with van der Waals surface area (Å²) in [6.07, 6.45) is 0.129. The third kappa shape index (κ3) is 3.08. The Morgan fingerprint density at radius 3 is 2.89 bits per heavy atom. The molecule has 2 aromatic rings. The summed E-state index contributed by atoms with van der Waals surface area (Å²) in [5.74, 6) is 0.364. The number of hydrogen-bond acceptors (Lipinski definition) is 8. The molecule has 27 heavy (non-hydrogen) atoms. The zero-order valence-electron chi connectivity index (χ0n) is 14.3. The number of rotatable bonds is 4. The average molecular weight is 385 g/mol. The van der Waals surface area contributed by atoms with Gasteiger partial charge in [-0.1, -0.05) is 36.9 Å². The number of para-hydroxylation sites is 1. The van der Waals surface area contributed by atoms with Crippen LogP contribution in [0.15, 0.2) is 50.9 Å². The maximum Gasteiger partial charge on any atom is 0.433 e. The number of carbonyl (C=O) groups is 1. The third-order valence-electron chi connectivity index (χ3n) is 4.01. The van der Waals surface area contributed by atoms with Gasteiger partial charge in [-0.05, 0) is 18.6 Å². The molecule has 4 rings (SSSR count). The van der Waals surface area contributed by atoms with Gasteiger partial charge in [-0.15, -0.1) is 5.10 Å². The molecule has 10 heteroatoms. The lowest BCUT2D eigenvalue weighted by Crippen LogP contribution is -2.50. The zero-order chi connectivity index (χ0) is 19.0. The maximum atomic E-state index is 12.8. The molecule has 1 aromatic carbocycles. The molecule has 1 amide bonds. The largest absolute Gasteiger partial charge is 0.433 e. The van der Waals surface area contributed by atoms with Gasteiger partial charge < -0.3 is 4.42 Å². The highest BCUT2D eigenvalue weighted by molar-refractivity contribution is 8.13. The fraction of sp³-hybridized carbons (Fsp3) is 0.235. The highest BCUT2D eigenvalue weighted by Gasteiger charge is 2.36. The standard InChI is InChI=1S/C17H15N5O4S/c1-2-9-27-17-19-16(23)14-10-5-3-4-6-11(10)18-15(21(14)20-17)12-7-8-13(26-12)22(24)25/h3-8,15H,2,9H2,1H3,(H,19,20,23)/t15-/m1/s1. The van der Waals surface area contributed by atoms with E-state index in [0.29, 0.717) is 21.4 Å². The monoisotopic (exact) mass is 385 g/mol. The van der Waals surface area contributed by atoms with E-state index in [1.54, 1.807) is 12.1 Å². The number of benzene rings is 1. The van der Waals surface area contributed by atoms with Crippen molar-refractivity contribution in [2.75, 3.05) is 5.75 Å². The second-order valence-electron chi connectivity index (χ2n) is 5.85. The van der Waals surface area contributed by atoms with Crippen LogP contribution in [-0.4, -0.2) is 26.8 Å². The summed E-state index contributed by atoms with van der Waals surface area (Å²) in [4.78, 5) is 27.8. The molecular formula is C17H15N5O4S. The molecule has 0 aliphatic carbocycles. The number of carbonyl (C=O) groups excluding carboxylic acids is 1. The number of nitrogens with zero attached hydrogens (tertiary/aromatic N) is 4. The van der Waals surface area contributed by atoms with E-state index >= 15 is 0 Å². The van der Waals surface area contributed by atoms with Gasteiger partial charge in [-0.25, -0.2) is 10.0 Å². The predicted molar refractivity (Wildman–Crippen MR) is 98.9 cm³/mol. The number of furan rings is 1. The first-order valence-corrected chi connectivity index (χ1v) is 9.30. The fourth-order valence-corrected chi connectivity index (χ4v) is 3.56. The number of hydrogen-bond donors (Lipinski definition) is 1. The van der Waals surface area contributed by atoms with Gasteiger partial charge in [0, 0.05) is 11.0 Å². The molecule has 9 nitrogen and oxygen atoms in total. The van der Waals surface area contributed by atoms with Gasteiger partial charge in [0.05, 0.1) is 11.4 Å². The number of amidine groups is 1. The lowest BCUT2D eigenvalue weighted by atomic mass is 10.1. The topological polar surface area (TPSA) is 113 Å². The van der Waals surface area contributed by atoms with E-state index in [1.807, 2.05) is 19.1 Å². The summed E-state index contributed by atoms with van der Waals surface area (Å²) in [6, 6.07) is 9.95. The van der Waals surface area contributed by atoms with E-state index in [4.69, 9.17) is 4.42 Å². The predicted octanol–water partition coefficient (Wildman–Crippen LogP) is 1.47. The fourth-order valence-electron chi connectivity index (χ4n) is 2.86. The van der Waals surface area contributed by atoms with Gasteiger partial charge >= 0.3 is 5.88 Å². The first-order chi connectivity index (χ1) is 13.1. The SMILES string of the molecule is CCCSC1=NN2C(=c3ccccc3=N[C@H]2c2ccc([N+](=O)[O-])o2)C(=O)N1. The van der Waals surface area contributed by atoms with Gasteiger partial charge in [0.1, 0.15) is 10.6 Å². The normalized spacial score (nSPS) is 18.2.